The van der Waals surface area contributed by atoms with Crippen molar-refractivity contribution < 1.29 is 29.3 Å². The number of ether oxygens (including phenoxy) is 2. The van der Waals surface area contributed by atoms with Crippen molar-refractivity contribution in [2.75, 3.05) is 14.2 Å². The van der Waals surface area contributed by atoms with Gasteiger partial charge in [0.25, 0.3) is 0 Å². The maximum Gasteiger partial charge on any atom is 0.335 e. The normalized spacial score (nSPS) is 11.7. The molecule has 19 heavy (non-hydrogen) atoms. The van der Waals surface area contributed by atoms with Gasteiger partial charge < -0.3 is 25.4 Å². The maximum atomic E-state index is 11.0. The molecule has 0 aliphatic heterocycles. The van der Waals surface area contributed by atoms with Crippen molar-refractivity contribution in [1.29, 1.82) is 0 Å². The van der Waals surface area contributed by atoms with Gasteiger partial charge in [0.15, 0.2) is 11.5 Å². The van der Waals surface area contributed by atoms with Crippen LogP contribution in [-0.2, 0) is 4.79 Å². The molecule has 7 heteroatoms. The van der Waals surface area contributed by atoms with Gasteiger partial charge in [-0.1, -0.05) is 0 Å². The molecule has 1 rings (SSSR count). The number of carboxylic acid groups (broad SMARTS) is 2. The van der Waals surface area contributed by atoms with Gasteiger partial charge in [0.2, 0.25) is 0 Å². The Morgan fingerprint density at radius 2 is 1.89 bits per heavy atom. The summed E-state index contributed by atoms with van der Waals surface area (Å²) >= 11 is 0. The molecule has 1 unspecified atom stereocenters. The Balaban J connectivity index is 3.36. The lowest BCUT2D eigenvalue weighted by Gasteiger charge is -2.17. The van der Waals surface area contributed by atoms with E-state index in [-0.39, 0.29) is 29.0 Å². The van der Waals surface area contributed by atoms with Crippen LogP contribution in [0.2, 0.25) is 0 Å². The van der Waals surface area contributed by atoms with E-state index in [0.717, 1.165) is 0 Å². The summed E-state index contributed by atoms with van der Waals surface area (Å²) in [5.41, 5.74) is 5.99. The molecule has 0 aromatic heterocycles. The van der Waals surface area contributed by atoms with Crippen molar-refractivity contribution in [1.82, 2.24) is 0 Å². The third-order valence-electron chi connectivity index (χ3n) is 2.55. The zero-order valence-electron chi connectivity index (χ0n) is 10.5. The number of carboxylic acids is 2. The van der Waals surface area contributed by atoms with E-state index in [1.54, 1.807) is 0 Å². The van der Waals surface area contributed by atoms with E-state index < -0.39 is 18.0 Å². The van der Waals surface area contributed by atoms with Gasteiger partial charge >= 0.3 is 11.9 Å². The van der Waals surface area contributed by atoms with Crippen LogP contribution in [-0.4, -0.2) is 36.4 Å². The zero-order chi connectivity index (χ0) is 14.6. The topological polar surface area (TPSA) is 119 Å². The number of aliphatic carboxylic acids is 1. The first-order valence-electron chi connectivity index (χ1n) is 5.37. The second kappa shape index (κ2) is 6.05. The van der Waals surface area contributed by atoms with Crippen LogP contribution < -0.4 is 15.2 Å². The van der Waals surface area contributed by atoms with Crippen molar-refractivity contribution in [3.8, 4) is 11.5 Å². The lowest BCUT2D eigenvalue weighted by atomic mass is 10.00. The molecule has 0 amide bonds. The Kier molecular flexibility index (Phi) is 4.71. The molecular weight excluding hydrogens is 254 g/mol. The molecule has 4 N–H and O–H groups in total. The standard InChI is InChI=1S/C12H15NO6/c1-18-9-4-6(12(16)17)3-7(11(9)19-2)8(13)5-10(14)15/h3-4,8H,5,13H2,1-2H3,(H,14,15)(H,16,17). The lowest BCUT2D eigenvalue weighted by molar-refractivity contribution is -0.137. The third-order valence-corrected chi connectivity index (χ3v) is 2.55. The molecule has 0 saturated heterocycles. The highest BCUT2D eigenvalue weighted by Crippen LogP contribution is 2.36. The van der Waals surface area contributed by atoms with Crippen LogP contribution in [0.1, 0.15) is 28.4 Å². The number of nitrogens with two attached hydrogens (primary N) is 1. The van der Waals surface area contributed by atoms with Gasteiger partial charge in [-0.3, -0.25) is 4.79 Å². The molecular formula is C12H15NO6. The summed E-state index contributed by atoms with van der Waals surface area (Å²) in [5.74, 6) is -1.82. The quantitative estimate of drug-likeness (QED) is 0.701. The fraction of sp³-hybridized carbons (Fsp3) is 0.333. The molecule has 0 saturated carbocycles. The van der Waals surface area contributed by atoms with E-state index in [2.05, 4.69) is 0 Å². The summed E-state index contributed by atoms with van der Waals surface area (Å²) in [6, 6.07) is 1.69. The first kappa shape index (κ1) is 14.8. The average Bonchev–Trinajstić information content (AvgIpc) is 2.35. The van der Waals surface area contributed by atoms with Gasteiger partial charge in [-0.2, -0.15) is 0 Å². The largest absolute Gasteiger partial charge is 0.493 e. The number of carbonyl (C=O) groups is 2. The minimum absolute atomic E-state index is 0.0477. The van der Waals surface area contributed by atoms with E-state index in [1.807, 2.05) is 0 Å². The third kappa shape index (κ3) is 3.35. The molecule has 104 valence electrons. The van der Waals surface area contributed by atoms with E-state index in [1.165, 1.54) is 26.4 Å². The predicted molar refractivity (Wildman–Crippen MR) is 65.7 cm³/mol. The molecule has 0 fully saturated rings. The minimum Gasteiger partial charge on any atom is -0.493 e. The van der Waals surface area contributed by atoms with E-state index >= 15 is 0 Å². The number of hydrogen-bond acceptors (Lipinski definition) is 5. The Morgan fingerprint density at radius 1 is 1.26 bits per heavy atom. The van der Waals surface area contributed by atoms with Crippen LogP contribution >= 0.6 is 0 Å². The zero-order valence-corrected chi connectivity index (χ0v) is 10.5. The first-order valence-corrected chi connectivity index (χ1v) is 5.37. The summed E-state index contributed by atoms with van der Waals surface area (Å²) in [7, 11) is 2.73. The van der Waals surface area contributed by atoms with Crippen molar-refractivity contribution in [3.63, 3.8) is 0 Å². The molecule has 1 aromatic carbocycles. The van der Waals surface area contributed by atoms with E-state index in [9.17, 15) is 9.59 Å². The molecule has 1 atom stereocenters. The molecule has 0 aliphatic carbocycles. The fourth-order valence-corrected chi connectivity index (χ4v) is 1.69. The lowest BCUT2D eigenvalue weighted by Crippen LogP contribution is -2.17. The molecule has 7 nitrogen and oxygen atoms in total. The second-order valence-corrected chi connectivity index (χ2v) is 3.81. The second-order valence-electron chi connectivity index (χ2n) is 3.81. The number of benzene rings is 1. The van der Waals surface area contributed by atoms with Crippen molar-refractivity contribution in [3.05, 3.63) is 23.3 Å². The number of methoxy groups -OCH3 is 2. The highest BCUT2D eigenvalue weighted by molar-refractivity contribution is 5.89. The number of hydrogen-bond donors (Lipinski definition) is 3. The van der Waals surface area contributed by atoms with Gasteiger partial charge in [-0.15, -0.1) is 0 Å². The van der Waals surface area contributed by atoms with E-state index in [4.69, 9.17) is 25.4 Å². The molecule has 0 spiro atoms. The molecule has 0 radical (unpaired) electrons. The molecule has 0 aliphatic rings. The summed E-state index contributed by atoms with van der Waals surface area (Å²) in [5, 5.41) is 17.7. The summed E-state index contributed by atoms with van der Waals surface area (Å²) in [4.78, 5) is 21.7. The van der Waals surface area contributed by atoms with Crippen LogP contribution in [0.5, 0.6) is 11.5 Å². The van der Waals surface area contributed by atoms with Gasteiger partial charge in [-0.25, -0.2) is 4.79 Å². The first-order chi connectivity index (χ1) is 8.90. The predicted octanol–water partition coefficient (Wildman–Crippen LogP) is 0.877. The Hall–Kier alpha value is -2.28. The van der Waals surface area contributed by atoms with Crippen molar-refractivity contribution in [2.45, 2.75) is 12.5 Å². The van der Waals surface area contributed by atoms with Crippen molar-refractivity contribution in [2.24, 2.45) is 5.73 Å². The average molecular weight is 269 g/mol. The molecule has 0 heterocycles. The smallest absolute Gasteiger partial charge is 0.335 e. The summed E-state index contributed by atoms with van der Waals surface area (Å²) < 4.78 is 10.1. The van der Waals surface area contributed by atoms with Gasteiger partial charge in [0.05, 0.1) is 26.2 Å². The van der Waals surface area contributed by atoms with Crippen LogP contribution in [0, 0.1) is 0 Å². The number of aromatic carboxylic acids is 1. The minimum atomic E-state index is -1.16. The summed E-state index contributed by atoms with van der Waals surface area (Å²) in [6.45, 7) is 0. The number of rotatable bonds is 6. The van der Waals surface area contributed by atoms with Crippen LogP contribution in [0.3, 0.4) is 0 Å². The van der Waals surface area contributed by atoms with Crippen LogP contribution in [0.15, 0.2) is 12.1 Å². The van der Waals surface area contributed by atoms with Crippen LogP contribution in [0.25, 0.3) is 0 Å². The maximum absolute atomic E-state index is 11.0. The van der Waals surface area contributed by atoms with E-state index in [0.29, 0.717) is 0 Å². The molecule has 0 bridgehead atoms. The van der Waals surface area contributed by atoms with Gasteiger partial charge in [0.1, 0.15) is 0 Å². The van der Waals surface area contributed by atoms with Crippen LogP contribution in [0.4, 0.5) is 0 Å². The Morgan fingerprint density at radius 3 is 2.32 bits per heavy atom. The summed E-state index contributed by atoms with van der Waals surface area (Å²) in [6.07, 6.45) is -0.345. The highest BCUT2D eigenvalue weighted by atomic mass is 16.5. The Bertz CT molecular complexity index is 499. The Labute approximate surface area is 109 Å². The van der Waals surface area contributed by atoms with Gasteiger partial charge in [0, 0.05) is 11.6 Å². The monoisotopic (exact) mass is 269 g/mol. The van der Waals surface area contributed by atoms with Crippen molar-refractivity contribution >= 4 is 11.9 Å². The SMILES string of the molecule is COc1cc(C(=O)O)cc(C(N)CC(=O)O)c1OC. The highest BCUT2D eigenvalue weighted by Gasteiger charge is 2.21. The van der Waals surface area contributed by atoms with Gasteiger partial charge in [-0.05, 0) is 12.1 Å². The molecule has 1 aromatic rings. The fourth-order valence-electron chi connectivity index (χ4n) is 1.69.